The number of ether oxygens (including phenoxy) is 1. The number of imide groups is 1. The number of hydrogen-bond donors (Lipinski definition) is 1. The van der Waals surface area contributed by atoms with Crippen molar-refractivity contribution in [3.05, 3.63) is 53.6 Å². The molecule has 2 aromatic rings. The number of anilines is 2. The second-order valence-electron chi connectivity index (χ2n) is 6.21. The summed E-state index contributed by atoms with van der Waals surface area (Å²) in [5, 5.41) is 3.21. The van der Waals surface area contributed by atoms with Crippen LogP contribution in [0.1, 0.15) is 24.5 Å². The number of carbonyl (C=O) groups excluding carboxylic acids is 2. The molecule has 2 aromatic carbocycles. The van der Waals surface area contributed by atoms with Gasteiger partial charge in [-0.3, -0.25) is 9.59 Å². The van der Waals surface area contributed by atoms with E-state index >= 15 is 0 Å². The summed E-state index contributed by atoms with van der Waals surface area (Å²) in [4.78, 5) is 26.3. The van der Waals surface area contributed by atoms with E-state index in [4.69, 9.17) is 4.74 Å². The van der Waals surface area contributed by atoms with E-state index in [9.17, 15) is 9.59 Å². The lowest BCUT2D eigenvalue weighted by atomic mass is 10.1. The second-order valence-corrected chi connectivity index (χ2v) is 6.21. The molecule has 5 heteroatoms. The molecule has 1 saturated heterocycles. The van der Waals surface area contributed by atoms with Crippen LogP contribution in [0.5, 0.6) is 5.75 Å². The maximum atomic E-state index is 12.7. The standard InChI is InChI=1S/C20H22N2O3/c1-4-25-16-8-6-15(7-9-16)22-19(23)12-18(20(22)24)21-17-10-5-13(2)11-14(17)3/h5-11,18,21H,4,12H2,1-3H3/t18-/m1/s1. The third-order valence-corrected chi connectivity index (χ3v) is 4.26. The van der Waals surface area contributed by atoms with Crippen LogP contribution in [0.15, 0.2) is 42.5 Å². The Balaban J connectivity index is 1.77. The van der Waals surface area contributed by atoms with Crippen LogP contribution in [0.2, 0.25) is 0 Å². The lowest BCUT2D eigenvalue weighted by Crippen LogP contribution is -2.34. The summed E-state index contributed by atoms with van der Waals surface area (Å²) >= 11 is 0. The summed E-state index contributed by atoms with van der Waals surface area (Å²) in [6, 6.07) is 12.5. The minimum atomic E-state index is -0.541. The van der Waals surface area contributed by atoms with Crippen LogP contribution >= 0.6 is 0 Å². The van der Waals surface area contributed by atoms with E-state index in [1.165, 1.54) is 4.90 Å². The second kappa shape index (κ2) is 6.97. The Hall–Kier alpha value is -2.82. The van der Waals surface area contributed by atoms with Gasteiger partial charge in [-0.25, -0.2) is 4.90 Å². The van der Waals surface area contributed by atoms with Crippen molar-refractivity contribution in [1.82, 2.24) is 0 Å². The molecule has 1 heterocycles. The largest absolute Gasteiger partial charge is 0.494 e. The van der Waals surface area contributed by atoms with Gasteiger partial charge in [0.15, 0.2) is 0 Å². The van der Waals surface area contributed by atoms with Gasteiger partial charge < -0.3 is 10.1 Å². The van der Waals surface area contributed by atoms with Gasteiger partial charge in [-0.15, -0.1) is 0 Å². The molecule has 0 radical (unpaired) electrons. The Morgan fingerprint density at radius 1 is 1.12 bits per heavy atom. The fourth-order valence-electron chi connectivity index (χ4n) is 3.04. The van der Waals surface area contributed by atoms with Gasteiger partial charge in [0.2, 0.25) is 5.91 Å². The molecule has 130 valence electrons. The molecule has 0 unspecified atom stereocenters. The highest BCUT2D eigenvalue weighted by Gasteiger charge is 2.39. The Morgan fingerprint density at radius 2 is 1.84 bits per heavy atom. The predicted molar refractivity (Wildman–Crippen MR) is 98.0 cm³/mol. The van der Waals surface area contributed by atoms with Crippen LogP contribution in [0, 0.1) is 13.8 Å². The molecule has 3 rings (SSSR count). The highest BCUT2D eigenvalue weighted by atomic mass is 16.5. The third kappa shape index (κ3) is 3.50. The number of nitrogens with one attached hydrogen (secondary N) is 1. The molecular weight excluding hydrogens is 316 g/mol. The molecule has 1 aliphatic rings. The van der Waals surface area contributed by atoms with Crippen LogP contribution in [-0.2, 0) is 9.59 Å². The predicted octanol–water partition coefficient (Wildman–Crippen LogP) is 3.45. The zero-order chi connectivity index (χ0) is 18.0. The van der Waals surface area contributed by atoms with Crippen LogP contribution in [0.25, 0.3) is 0 Å². The van der Waals surface area contributed by atoms with E-state index < -0.39 is 6.04 Å². The first kappa shape index (κ1) is 17.0. The van der Waals surface area contributed by atoms with Crippen molar-refractivity contribution in [3.8, 4) is 5.75 Å². The van der Waals surface area contributed by atoms with Crippen LogP contribution in [0.4, 0.5) is 11.4 Å². The van der Waals surface area contributed by atoms with Crippen molar-refractivity contribution in [2.45, 2.75) is 33.2 Å². The van der Waals surface area contributed by atoms with Gasteiger partial charge in [0.25, 0.3) is 5.91 Å². The van der Waals surface area contributed by atoms with Gasteiger partial charge in [0.05, 0.1) is 18.7 Å². The molecule has 1 N–H and O–H groups in total. The number of rotatable bonds is 5. The van der Waals surface area contributed by atoms with Crippen molar-refractivity contribution >= 4 is 23.2 Å². The summed E-state index contributed by atoms with van der Waals surface area (Å²) in [5.41, 5.74) is 3.67. The minimum Gasteiger partial charge on any atom is -0.494 e. The maximum absolute atomic E-state index is 12.7. The monoisotopic (exact) mass is 338 g/mol. The lowest BCUT2D eigenvalue weighted by Gasteiger charge is -2.17. The van der Waals surface area contributed by atoms with E-state index in [0.717, 1.165) is 22.6 Å². The Morgan fingerprint density at radius 3 is 2.48 bits per heavy atom. The fourth-order valence-corrected chi connectivity index (χ4v) is 3.04. The van der Waals surface area contributed by atoms with Gasteiger partial charge >= 0.3 is 0 Å². The summed E-state index contributed by atoms with van der Waals surface area (Å²) in [7, 11) is 0. The molecule has 0 aromatic heterocycles. The van der Waals surface area contributed by atoms with Crippen molar-refractivity contribution in [2.24, 2.45) is 0 Å². The van der Waals surface area contributed by atoms with Crippen molar-refractivity contribution in [3.63, 3.8) is 0 Å². The van der Waals surface area contributed by atoms with Crippen molar-refractivity contribution < 1.29 is 14.3 Å². The molecule has 5 nitrogen and oxygen atoms in total. The SMILES string of the molecule is CCOc1ccc(N2C(=O)C[C@@H](Nc3ccc(C)cc3C)C2=O)cc1. The zero-order valence-corrected chi connectivity index (χ0v) is 14.7. The van der Waals surface area contributed by atoms with E-state index in [1.807, 2.05) is 39.0 Å². The Bertz CT molecular complexity index is 799. The summed E-state index contributed by atoms with van der Waals surface area (Å²) in [6.45, 7) is 6.49. The normalized spacial score (nSPS) is 17.1. The van der Waals surface area contributed by atoms with Gasteiger partial charge in [-0.05, 0) is 56.7 Å². The molecular formula is C20H22N2O3. The number of benzene rings is 2. The van der Waals surface area contributed by atoms with Gasteiger partial charge in [-0.2, -0.15) is 0 Å². The minimum absolute atomic E-state index is 0.152. The Labute approximate surface area is 147 Å². The first-order valence-electron chi connectivity index (χ1n) is 8.43. The molecule has 1 atom stereocenters. The van der Waals surface area contributed by atoms with Crippen LogP contribution in [0.3, 0.4) is 0 Å². The smallest absolute Gasteiger partial charge is 0.256 e. The molecule has 25 heavy (non-hydrogen) atoms. The quantitative estimate of drug-likeness (QED) is 0.849. The first-order valence-corrected chi connectivity index (χ1v) is 8.43. The summed E-state index contributed by atoms with van der Waals surface area (Å²) in [5.74, 6) is 0.292. The number of nitrogens with zero attached hydrogens (tertiary/aromatic N) is 1. The number of hydrogen-bond acceptors (Lipinski definition) is 4. The average molecular weight is 338 g/mol. The number of carbonyl (C=O) groups is 2. The van der Waals surface area contributed by atoms with Gasteiger partial charge in [-0.1, -0.05) is 17.7 Å². The summed E-state index contributed by atoms with van der Waals surface area (Å²) in [6.07, 6.45) is 0.152. The molecule has 1 fully saturated rings. The molecule has 0 saturated carbocycles. The van der Waals surface area contributed by atoms with E-state index in [2.05, 4.69) is 5.32 Å². The van der Waals surface area contributed by atoms with Crippen LogP contribution < -0.4 is 15.0 Å². The maximum Gasteiger partial charge on any atom is 0.256 e. The zero-order valence-electron chi connectivity index (χ0n) is 14.7. The van der Waals surface area contributed by atoms with Gasteiger partial charge in [0, 0.05) is 5.69 Å². The fraction of sp³-hybridized carbons (Fsp3) is 0.300. The molecule has 0 bridgehead atoms. The van der Waals surface area contributed by atoms with Gasteiger partial charge in [0.1, 0.15) is 11.8 Å². The molecule has 2 amide bonds. The van der Waals surface area contributed by atoms with Crippen molar-refractivity contribution in [1.29, 1.82) is 0 Å². The molecule has 0 aliphatic carbocycles. The highest BCUT2D eigenvalue weighted by molar-refractivity contribution is 6.23. The van der Waals surface area contributed by atoms with E-state index in [-0.39, 0.29) is 18.2 Å². The third-order valence-electron chi connectivity index (χ3n) is 4.26. The van der Waals surface area contributed by atoms with E-state index in [1.54, 1.807) is 24.3 Å². The molecule has 1 aliphatic heterocycles. The highest BCUT2D eigenvalue weighted by Crippen LogP contribution is 2.27. The molecule has 0 spiro atoms. The number of amides is 2. The van der Waals surface area contributed by atoms with Crippen LogP contribution in [-0.4, -0.2) is 24.5 Å². The average Bonchev–Trinajstić information content (AvgIpc) is 2.85. The number of aryl methyl sites for hydroxylation is 2. The lowest BCUT2D eigenvalue weighted by molar-refractivity contribution is -0.121. The van der Waals surface area contributed by atoms with E-state index in [0.29, 0.717) is 12.3 Å². The Kier molecular flexibility index (Phi) is 4.74. The van der Waals surface area contributed by atoms with Crippen molar-refractivity contribution in [2.75, 3.05) is 16.8 Å². The summed E-state index contributed by atoms with van der Waals surface area (Å²) < 4.78 is 5.40. The first-order chi connectivity index (χ1) is 12.0. The topological polar surface area (TPSA) is 58.6 Å².